The minimum Gasteiger partial charge on any atom is -0.423 e. The average Bonchev–Trinajstić information content (AvgIpc) is 3.17. The first-order chi connectivity index (χ1) is 13.7. The quantitative estimate of drug-likeness (QED) is 0.635. The number of ether oxygens (including phenoxy) is 2. The van der Waals surface area contributed by atoms with Crippen molar-refractivity contribution < 1.29 is 19.1 Å². The number of allylic oxidation sites excluding steroid dienone is 4. The molecule has 0 unspecified atom stereocenters. The summed E-state index contributed by atoms with van der Waals surface area (Å²) < 4.78 is 11.3. The Morgan fingerprint density at radius 3 is 1.61 bits per heavy atom. The van der Waals surface area contributed by atoms with Gasteiger partial charge in [0.05, 0.1) is 0 Å². The SMILES string of the molecule is CCC/C=C1\OC(=O)C2=C1CCC1C2C2CCC3=C(C(=O)O/C3=C\CCC)C12. The van der Waals surface area contributed by atoms with Crippen molar-refractivity contribution in [1.82, 2.24) is 0 Å². The number of carbonyl (C=O) groups is 2. The van der Waals surface area contributed by atoms with Crippen LogP contribution in [0, 0.1) is 23.7 Å². The van der Waals surface area contributed by atoms with Crippen molar-refractivity contribution in [2.45, 2.75) is 65.2 Å². The Hall–Kier alpha value is -2.10. The molecule has 148 valence electrons. The predicted octanol–water partition coefficient (Wildman–Crippen LogP) is 5.13. The Morgan fingerprint density at radius 2 is 1.21 bits per heavy atom. The highest BCUT2D eigenvalue weighted by molar-refractivity contribution is 5.98. The number of esters is 2. The van der Waals surface area contributed by atoms with Crippen molar-refractivity contribution in [1.29, 1.82) is 0 Å². The van der Waals surface area contributed by atoms with E-state index in [1.807, 2.05) is 0 Å². The lowest BCUT2D eigenvalue weighted by Crippen LogP contribution is -2.53. The molecule has 0 saturated heterocycles. The van der Waals surface area contributed by atoms with Crippen LogP contribution < -0.4 is 0 Å². The lowest BCUT2D eigenvalue weighted by atomic mass is 9.46. The number of unbranched alkanes of at least 4 members (excludes halogenated alkanes) is 2. The maximum Gasteiger partial charge on any atom is 0.340 e. The van der Waals surface area contributed by atoms with E-state index in [1.165, 1.54) is 0 Å². The summed E-state index contributed by atoms with van der Waals surface area (Å²) in [6.45, 7) is 4.27. The predicted molar refractivity (Wildman–Crippen MR) is 105 cm³/mol. The maximum absolute atomic E-state index is 12.7. The average molecular weight is 380 g/mol. The summed E-state index contributed by atoms with van der Waals surface area (Å²) >= 11 is 0. The molecule has 4 nitrogen and oxygen atoms in total. The number of fused-ring (bicyclic) bond motifs is 6. The van der Waals surface area contributed by atoms with Crippen molar-refractivity contribution in [3.8, 4) is 0 Å². The molecule has 1 saturated carbocycles. The lowest BCUT2D eigenvalue weighted by molar-refractivity contribution is -0.137. The van der Waals surface area contributed by atoms with Crippen LogP contribution in [0.4, 0.5) is 0 Å². The summed E-state index contributed by atoms with van der Waals surface area (Å²) in [7, 11) is 0. The molecule has 0 amide bonds. The molecule has 0 aromatic rings. The van der Waals surface area contributed by atoms with Gasteiger partial charge in [0, 0.05) is 22.3 Å². The van der Waals surface area contributed by atoms with Gasteiger partial charge >= 0.3 is 11.9 Å². The molecule has 2 aliphatic heterocycles. The largest absolute Gasteiger partial charge is 0.423 e. The Labute approximate surface area is 166 Å². The molecule has 0 N–H and O–H groups in total. The second-order valence-corrected chi connectivity index (χ2v) is 8.73. The molecular weight excluding hydrogens is 352 g/mol. The van der Waals surface area contributed by atoms with Gasteiger partial charge in [0.25, 0.3) is 0 Å². The summed E-state index contributed by atoms with van der Waals surface area (Å²) in [4.78, 5) is 25.4. The van der Waals surface area contributed by atoms with Gasteiger partial charge in [-0.1, -0.05) is 26.7 Å². The minimum atomic E-state index is -0.136. The first kappa shape index (κ1) is 18.0. The van der Waals surface area contributed by atoms with E-state index in [9.17, 15) is 9.59 Å². The van der Waals surface area contributed by atoms with Gasteiger partial charge in [0.2, 0.25) is 0 Å². The molecule has 0 radical (unpaired) electrons. The van der Waals surface area contributed by atoms with Crippen molar-refractivity contribution >= 4 is 11.9 Å². The molecule has 0 atom stereocenters. The third kappa shape index (κ3) is 2.42. The zero-order valence-electron chi connectivity index (χ0n) is 16.8. The fourth-order valence-electron chi connectivity index (χ4n) is 6.15. The molecule has 3 aliphatic carbocycles. The fraction of sp³-hybridized carbons (Fsp3) is 0.583. The third-order valence-corrected chi connectivity index (χ3v) is 7.29. The molecular formula is C24H28O4. The molecule has 5 aliphatic rings. The zero-order valence-corrected chi connectivity index (χ0v) is 16.8. The monoisotopic (exact) mass is 380 g/mol. The number of hydrogen-bond acceptors (Lipinski definition) is 4. The van der Waals surface area contributed by atoms with Crippen molar-refractivity contribution in [3.63, 3.8) is 0 Å². The van der Waals surface area contributed by atoms with Crippen LogP contribution in [0.1, 0.15) is 65.2 Å². The van der Waals surface area contributed by atoms with Crippen LogP contribution in [0.15, 0.2) is 46.0 Å². The molecule has 4 heteroatoms. The van der Waals surface area contributed by atoms with E-state index in [0.717, 1.165) is 85.2 Å². The van der Waals surface area contributed by atoms with E-state index in [1.54, 1.807) is 0 Å². The van der Waals surface area contributed by atoms with Gasteiger partial charge in [-0.25, -0.2) is 9.59 Å². The van der Waals surface area contributed by atoms with Crippen molar-refractivity contribution in [2.24, 2.45) is 23.7 Å². The van der Waals surface area contributed by atoms with Gasteiger partial charge in [-0.2, -0.15) is 0 Å². The standard InChI is InChI=1S/C24H28O4/c1-3-5-7-17-13-9-11-15-19(21(13)23(25)27-17)16-12-10-14-18(8-6-4-2)28-24(26)22(14)20(15)16/h7-8,15-16,19-20H,3-6,9-12H2,1-2H3/b17-7-,18-8-. The third-order valence-electron chi connectivity index (χ3n) is 7.29. The Morgan fingerprint density at radius 1 is 0.786 bits per heavy atom. The van der Waals surface area contributed by atoms with Gasteiger partial charge < -0.3 is 9.47 Å². The van der Waals surface area contributed by atoms with E-state index < -0.39 is 0 Å². The number of cyclic esters (lactones) is 2. The fourth-order valence-corrected chi connectivity index (χ4v) is 6.15. The van der Waals surface area contributed by atoms with E-state index in [0.29, 0.717) is 11.8 Å². The normalized spacial score (nSPS) is 36.1. The highest BCUT2D eigenvalue weighted by Crippen LogP contribution is 2.65. The molecule has 0 aromatic heterocycles. The second-order valence-electron chi connectivity index (χ2n) is 8.73. The molecule has 0 spiro atoms. The van der Waals surface area contributed by atoms with Crippen LogP contribution in [0.25, 0.3) is 0 Å². The summed E-state index contributed by atoms with van der Waals surface area (Å²) in [5, 5.41) is 0. The van der Waals surface area contributed by atoms with Gasteiger partial charge in [-0.15, -0.1) is 0 Å². The Balaban J connectivity index is 1.47. The molecule has 0 aromatic carbocycles. The highest BCUT2D eigenvalue weighted by Gasteiger charge is 2.61. The summed E-state index contributed by atoms with van der Waals surface area (Å²) in [5.41, 5.74) is 4.15. The van der Waals surface area contributed by atoms with Gasteiger partial charge in [-0.3, -0.25) is 0 Å². The Bertz CT molecular complexity index is 789. The van der Waals surface area contributed by atoms with Crippen molar-refractivity contribution in [2.75, 3.05) is 0 Å². The first-order valence-corrected chi connectivity index (χ1v) is 11.0. The van der Waals surface area contributed by atoms with E-state index in [-0.39, 0.29) is 23.8 Å². The minimum absolute atomic E-state index is 0.136. The topological polar surface area (TPSA) is 52.6 Å². The molecule has 1 fully saturated rings. The van der Waals surface area contributed by atoms with Crippen LogP contribution in [0.2, 0.25) is 0 Å². The van der Waals surface area contributed by atoms with Crippen LogP contribution in [-0.2, 0) is 19.1 Å². The van der Waals surface area contributed by atoms with E-state index >= 15 is 0 Å². The summed E-state index contributed by atoms with van der Waals surface area (Å²) in [6.07, 6.45) is 12.0. The molecule has 0 bridgehead atoms. The zero-order chi connectivity index (χ0) is 19.4. The van der Waals surface area contributed by atoms with Crippen LogP contribution >= 0.6 is 0 Å². The highest BCUT2D eigenvalue weighted by atomic mass is 16.5. The van der Waals surface area contributed by atoms with Crippen LogP contribution in [0.3, 0.4) is 0 Å². The van der Waals surface area contributed by atoms with E-state index in [4.69, 9.17) is 9.47 Å². The lowest BCUT2D eigenvalue weighted by Gasteiger charge is -2.56. The van der Waals surface area contributed by atoms with Gasteiger partial charge in [0.15, 0.2) is 0 Å². The smallest absolute Gasteiger partial charge is 0.340 e. The number of rotatable bonds is 4. The van der Waals surface area contributed by atoms with Gasteiger partial charge in [0.1, 0.15) is 11.5 Å². The molecule has 2 heterocycles. The Kier molecular flexibility index (Phi) is 4.33. The summed E-state index contributed by atoms with van der Waals surface area (Å²) in [5.74, 6) is 2.63. The second kappa shape index (κ2) is 6.75. The number of hydrogen-bond donors (Lipinski definition) is 0. The summed E-state index contributed by atoms with van der Waals surface area (Å²) in [6, 6.07) is 0. The van der Waals surface area contributed by atoms with Gasteiger partial charge in [-0.05, 0) is 74.3 Å². The molecule has 5 rings (SSSR count). The van der Waals surface area contributed by atoms with Crippen LogP contribution in [-0.4, -0.2) is 11.9 Å². The van der Waals surface area contributed by atoms with Crippen LogP contribution in [0.5, 0.6) is 0 Å². The first-order valence-electron chi connectivity index (χ1n) is 11.0. The molecule has 28 heavy (non-hydrogen) atoms. The maximum atomic E-state index is 12.7. The van der Waals surface area contributed by atoms with E-state index in [2.05, 4.69) is 26.0 Å². The van der Waals surface area contributed by atoms with Crippen molar-refractivity contribution in [3.05, 3.63) is 46.0 Å². The number of carbonyl (C=O) groups excluding carboxylic acids is 2.